The second-order valence-electron chi connectivity index (χ2n) is 21.5. The van der Waals surface area contributed by atoms with Crippen LogP contribution in [0.3, 0.4) is 0 Å². The highest BCUT2D eigenvalue weighted by Crippen LogP contribution is 2.30. The van der Waals surface area contributed by atoms with E-state index >= 15 is 0 Å². The first kappa shape index (κ1) is 52.9. The lowest BCUT2D eigenvalue weighted by Crippen LogP contribution is -2.49. The Labute approximate surface area is 500 Å². The van der Waals surface area contributed by atoms with Crippen molar-refractivity contribution < 1.29 is 132 Å². The number of esters is 3. The Kier molecular flexibility index (Phi) is 19.5. The van der Waals surface area contributed by atoms with Gasteiger partial charge in [-0.25, -0.2) is 37.5 Å². The van der Waals surface area contributed by atoms with Crippen LogP contribution in [0.15, 0.2) is 97.3 Å². The number of rotatable bonds is 19. The van der Waals surface area contributed by atoms with Gasteiger partial charge >= 0.3 is 48.4 Å². The van der Waals surface area contributed by atoms with Crippen LogP contribution < -0.4 is 0 Å². The fraction of sp³-hybridized carbons (Fsp3) is 0.500. The maximum atomic E-state index is 14.7. The first-order valence-corrected chi connectivity index (χ1v) is 24.9. The fourth-order valence-electron chi connectivity index (χ4n) is 6.55. The van der Waals surface area contributed by atoms with E-state index in [-0.39, 0.29) is 38.9 Å². The van der Waals surface area contributed by atoms with Crippen LogP contribution in [0, 0.1) is 0 Å². The molecular weight excluding hydrogens is 1090 g/mol. The van der Waals surface area contributed by atoms with Gasteiger partial charge in [-0.15, -0.1) is 0 Å². The molecule has 4 atom stereocenters. The summed E-state index contributed by atoms with van der Waals surface area (Å²) in [4.78, 5) is 82.5. The molecule has 472 valence electrons. The number of ether oxygens (including phenoxy) is 5. The molecule has 0 radical (unpaired) electrons. The lowest BCUT2D eigenvalue weighted by atomic mass is 10.00. The van der Waals surface area contributed by atoms with Gasteiger partial charge in [0.15, 0.2) is 6.10 Å². The Hall–Kier alpha value is -7.44. The molecule has 0 unspecified atom stereocenters. The molecule has 0 aliphatic heterocycles. The third kappa shape index (κ3) is 27.5. The van der Waals surface area contributed by atoms with Crippen LogP contribution in [0.5, 0.6) is 0 Å². The molecule has 0 bridgehead atoms. The van der Waals surface area contributed by atoms with Crippen LogP contribution in [-0.4, -0.2) is 127 Å². The number of likely N-dealkylation sites (N-methyl/N-ethyl adjacent to an activating group) is 2. The number of pyridine rings is 2. The monoisotopic (exact) mass is 1210 g/mol. The number of carbonyl (C=O) groups is 6. The average Bonchev–Trinajstić information content (AvgIpc) is 0.845. The molecular formula is C56H94F8N4O13. The first-order chi connectivity index (χ1) is 48.0. The number of aliphatic hydroxyl groups is 1. The van der Waals surface area contributed by atoms with Crippen molar-refractivity contribution in [3.63, 3.8) is 0 Å². The summed E-state index contributed by atoms with van der Waals surface area (Å²) in [5.74, 6) is -4.24. The number of carboxylic acids is 1. The number of alkyl halides is 8. The van der Waals surface area contributed by atoms with E-state index in [1.165, 1.54) is 41.8 Å². The highest BCUT2D eigenvalue weighted by Gasteiger charge is 2.40. The number of aromatic nitrogens is 2. The van der Waals surface area contributed by atoms with Gasteiger partial charge in [0.1, 0.15) is 47.8 Å². The predicted octanol–water partition coefficient (Wildman–Crippen LogP) is 13.8. The number of carboxylic acid groups (broad SMARTS) is 1. The number of benzene rings is 2. The Morgan fingerprint density at radius 1 is 0.543 bits per heavy atom. The number of aliphatic hydroxyl groups excluding tert-OH is 1. The zero-order chi connectivity index (χ0) is 83.9. The van der Waals surface area contributed by atoms with E-state index in [1.54, 1.807) is 96.1 Å². The second kappa shape index (κ2) is 29.9. The topological polar surface area (TPSA) is 221 Å². The predicted molar refractivity (Wildman–Crippen MR) is 302 cm³/mol. The van der Waals surface area contributed by atoms with Crippen LogP contribution in [-0.2, 0) is 81.3 Å². The number of hydrogen-bond acceptors (Lipinski definition) is 14. The summed E-state index contributed by atoms with van der Waals surface area (Å²) in [5, 5.41) is 18.8. The molecule has 0 spiro atoms. The quantitative estimate of drug-likeness (QED) is 0.0506. The summed E-state index contributed by atoms with van der Waals surface area (Å²) in [7, 11) is 2.52. The molecule has 0 saturated heterocycles. The van der Waals surface area contributed by atoms with Gasteiger partial charge in [0.2, 0.25) is 6.10 Å². The van der Waals surface area contributed by atoms with E-state index in [2.05, 4.69) is 9.97 Å². The number of carbonyl (C=O) groups excluding carboxylic acids is 5. The molecule has 2 amide bonds. The molecule has 2 aromatic carbocycles. The molecule has 2 heterocycles. The van der Waals surface area contributed by atoms with Crippen LogP contribution >= 0.6 is 0 Å². The second-order valence-corrected chi connectivity index (χ2v) is 21.5. The van der Waals surface area contributed by atoms with E-state index < -0.39 is 119 Å². The average molecular weight is 1210 g/mol. The number of hydrogen-bond donors (Lipinski definition) is 2. The molecule has 25 heteroatoms. The maximum Gasteiger partial charge on any atom is 0.417 e. The molecule has 17 nitrogen and oxygen atoms in total. The normalized spacial score (nSPS) is 14.5. The van der Waals surface area contributed by atoms with Gasteiger partial charge in [0.25, 0.3) is 0 Å². The van der Waals surface area contributed by atoms with Crippen molar-refractivity contribution in [3.05, 3.63) is 131 Å². The number of nitrogens with zero attached hydrogens (tertiary/aromatic N) is 4. The van der Waals surface area contributed by atoms with Crippen molar-refractivity contribution in [1.29, 1.82) is 0 Å². The van der Waals surface area contributed by atoms with Gasteiger partial charge in [-0.2, -0.15) is 26.3 Å². The third-order valence-corrected chi connectivity index (χ3v) is 10.6. The minimum atomic E-state index is -4.62. The molecule has 0 aliphatic rings. The smallest absolute Gasteiger partial charge is 0.417 e. The summed E-state index contributed by atoms with van der Waals surface area (Å²) in [6.07, 6.45) is -14.1. The van der Waals surface area contributed by atoms with E-state index in [1.807, 2.05) is 6.07 Å². The zero-order valence-electron chi connectivity index (χ0n) is 69.0. The summed E-state index contributed by atoms with van der Waals surface area (Å²) < 4.78 is 240. The SMILES string of the molecule is CN(C(=O)OC(C)(C)C)[C@@H](CC(C)(C)F)C(=O)O.CN(C(=O)OC(C)(C)C)[C@@H](CC(C)(C)F)C(=O)O[C@H](Cc1ccc(C(F)(F)F)cn1)C(=O)OCc1ccccc1.O=C(OCc1ccccc1)[C@H](O)Cc1ccc(C(F)(F)F)cn1.[2HH].[2H][2H].[2H][2H].[2H][2H].[2H][2H].[2H][2H].[2H][2H].[2H][2H].[2H][2H].[2H][2H].[2H][2H].[2H][2H]. The molecule has 0 fully saturated rings. The van der Waals surface area contributed by atoms with Gasteiger partial charge in [0.05, 0.1) is 11.1 Å². The van der Waals surface area contributed by atoms with Crippen molar-refractivity contribution in [3.8, 4) is 0 Å². The molecule has 4 aromatic rings. The van der Waals surface area contributed by atoms with Crippen molar-refractivity contribution in [2.24, 2.45) is 0 Å². The number of aliphatic carboxylic acids is 1. The van der Waals surface area contributed by atoms with Crippen LogP contribution in [0.2, 0.25) is 0 Å². The van der Waals surface area contributed by atoms with Gasteiger partial charge < -0.3 is 33.9 Å². The number of amides is 2. The lowest BCUT2D eigenvalue weighted by Gasteiger charge is -2.32. The van der Waals surface area contributed by atoms with Gasteiger partial charge in [-0.05, 0) is 105 Å². The van der Waals surface area contributed by atoms with Crippen molar-refractivity contribution in [2.45, 2.75) is 167 Å². The van der Waals surface area contributed by atoms with Gasteiger partial charge in [-0.1, -0.05) is 60.7 Å². The molecule has 2 N–H and O–H groups in total. The summed E-state index contributed by atoms with van der Waals surface area (Å²) in [6.45, 7) is 14.6. The largest absolute Gasteiger partial charge is 0.480 e. The Morgan fingerprint density at radius 2 is 0.914 bits per heavy atom. The Morgan fingerprint density at radius 3 is 1.26 bits per heavy atom. The minimum absolute atomic E-state index is 0. The van der Waals surface area contributed by atoms with E-state index in [4.69, 9.17) is 61.5 Å². The van der Waals surface area contributed by atoms with Crippen LogP contribution in [0.4, 0.5) is 44.7 Å². The Bertz CT molecular complexity index is 2720. The van der Waals surface area contributed by atoms with Crippen LogP contribution in [0.1, 0.15) is 150 Å². The third-order valence-electron chi connectivity index (χ3n) is 10.6. The standard InChI is InChI=1S/C28H34F4N2O6.C16H14F3NO3.C12H22FNO4.12H2/c1-26(2,3)40-25(37)34(6)21(15-27(4,5)29)23(35)39-22(24(36)38-17-18-10-8-7-9-11-18)14-20-13-12-19(16-33-20)28(30,31)32;17-16(18,19)12-6-7-13(20-9-12)8-14(21)15(22)23-10-11-4-2-1-3-5-11;1-11(2,3)18-10(17)14(6)8(9(15)16)7-12(4,5)13;;;;;;;;;;;;/h7-13,16,21-22H,14-15,17H2,1-6H3;1-7,9,14,21H,8,10H2;8H,7H2,1-6H3,(H,15,16);12*1H/t21-,22+;14-;8-;;;;;;;;;;;;/m010............/s1/i;;;11*1+1D;1+1. The molecule has 0 aliphatic carbocycles. The molecule has 2 aromatic heterocycles. The van der Waals surface area contributed by atoms with Gasteiger partial charge in [-0.3, -0.25) is 19.8 Å². The Balaban J connectivity index is -0.000000128. The summed E-state index contributed by atoms with van der Waals surface area (Å²) in [6, 6.07) is 18.6. The molecule has 81 heavy (non-hydrogen) atoms. The fourth-order valence-corrected chi connectivity index (χ4v) is 6.55. The summed E-state index contributed by atoms with van der Waals surface area (Å²) in [5.41, 5.74) is -5.56. The number of halogens is 8. The van der Waals surface area contributed by atoms with E-state index in [0.29, 0.717) is 18.0 Å². The molecule has 0 saturated carbocycles. The molecule has 4 rings (SSSR count). The van der Waals surface area contributed by atoms with E-state index in [9.17, 15) is 69.0 Å². The highest BCUT2D eigenvalue weighted by molar-refractivity contribution is 5.85. The summed E-state index contributed by atoms with van der Waals surface area (Å²) >= 11 is 0. The minimum Gasteiger partial charge on any atom is -0.480 e. The zero-order valence-corrected chi connectivity index (χ0v) is 47.0. The maximum absolute atomic E-state index is 14.7. The van der Waals surface area contributed by atoms with Crippen LogP contribution in [0.25, 0.3) is 0 Å². The van der Waals surface area contributed by atoms with E-state index in [0.717, 1.165) is 39.6 Å². The first-order valence-electron chi connectivity index (χ1n) is 35.9. The van der Waals surface area contributed by atoms with Gasteiger partial charge in [0, 0.05) is 97.7 Å². The highest BCUT2D eigenvalue weighted by atomic mass is 19.4. The van der Waals surface area contributed by atoms with Crippen molar-refractivity contribution >= 4 is 36.1 Å². The van der Waals surface area contributed by atoms with Crippen molar-refractivity contribution in [1.82, 2.24) is 19.8 Å². The lowest BCUT2D eigenvalue weighted by molar-refractivity contribution is -0.172. The van der Waals surface area contributed by atoms with Crippen molar-refractivity contribution in [2.75, 3.05) is 14.1 Å².